The lowest BCUT2D eigenvalue weighted by Crippen LogP contribution is -2.31. The number of hydrogen-bond acceptors (Lipinski definition) is 8. The number of carbonyl (C=O) groups is 2. The van der Waals surface area contributed by atoms with Gasteiger partial charge in [-0.2, -0.15) is 9.97 Å². The Labute approximate surface area is 175 Å². The van der Waals surface area contributed by atoms with Crippen LogP contribution in [0.15, 0.2) is 12.4 Å². The van der Waals surface area contributed by atoms with E-state index in [1.165, 1.54) is 11.9 Å². The first-order valence-corrected chi connectivity index (χ1v) is 9.74. The standard InChI is InChI=1S/C18H17ClN8O3/c1-9-20-16(19)24-17(21-9)30-8-11-5-26-6-12(10-3-4-10)23-15(14(26)22-11)27-7-13(28)25(2)18(27)29/h5-6,10H,3-4,7-8H2,1-2H3. The molecule has 2 aliphatic rings. The van der Waals surface area contributed by atoms with Gasteiger partial charge in [0.05, 0.1) is 11.4 Å². The van der Waals surface area contributed by atoms with E-state index in [2.05, 4.69) is 24.9 Å². The van der Waals surface area contributed by atoms with Gasteiger partial charge in [0.15, 0.2) is 11.5 Å². The molecular formula is C18H17ClN8O3. The lowest BCUT2D eigenvalue weighted by molar-refractivity contribution is -0.123. The molecule has 30 heavy (non-hydrogen) atoms. The number of hydrogen-bond donors (Lipinski definition) is 0. The Balaban J connectivity index is 1.50. The Kier molecular flexibility index (Phi) is 4.28. The van der Waals surface area contributed by atoms with E-state index >= 15 is 0 Å². The van der Waals surface area contributed by atoms with Crippen LogP contribution in [0.4, 0.5) is 10.6 Å². The van der Waals surface area contributed by atoms with E-state index in [1.54, 1.807) is 13.1 Å². The number of urea groups is 1. The van der Waals surface area contributed by atoms with Gasteiger partial charge in [0.25, 0.3) is 5.91 Å². The Morgan fingerprint density at radius 1 is 1.13 bits per heavy atom. The highest BCUT2D eigenvalue weighted by Gasteiger charge is 2.37. The Morgan fingerprint density at radius 3 is 2.60 bits per heavy atom. The first kappa shape index (κ1) is 18.7. The summed E-state index contributed by atoms with van der Waals surface area (Å²) < 4.78 is 7.42. The van der Waals surface area contributed by atoms with Crippen molar-refractivity contribution in [2.75, 3.05) is 18.5 Å². The maximum absolute atomic E-state index is 12.5. The van der Waals surface area contributed by atoms with Gasteiger partial charge in [-0.3, -0.25) is 14.6 Å². The van der Waals surface area contributed by atoms with Crippen LogP contribution in [0.25, 0.3) is 5.65 Å². The van der Waals surface area contributed by atoms with Crippen molar-refractivity contribution < 1.29 is 14.3 Å². The largest absolute Gasteiger partial charge is 0.457 e. The van der Waals surface area contributed by atoms with E-state index in [0.717, 1.165) is 23.4 Å². The Hall–Kier alpha value is -3.34. The highest BCUT2D eigenvalue weighted by atomic mass is 35.5. The highest BCUT2D eigenvalue weighted by molar-refractivity contribution is 6.28. The molecule has 3 aromatic rings. The van der Waals surface area contributed by atoms with E-state index in [4.69, 9.17) is 16.3 Å². The normalized spacial score (nSPS) is 16.8. The molecule has 1 aliphatic heterocycles. The van der Waals surface area contributed by atoms with Crippen molar-refractivity contribution in [3.63, 3.8) is 0 Å². The number of imide groups is 1. The van der Waals surface area contributed by atoms with Crippen molar-refractivity contribution in [1.82, 2.24) is 34.2 Å². The minimum absolute atomic E-state index is 0.0504. The summed E-state index contributed by atoms with van der Waals surface area (Å²) in [7, 11) is 1.46. The van der Waals surface area contributed by atoms with Crippen LogP contribution in [0.1, 0.15) is 36.0 Å². The molecule has 0 N–H and O–H groups in total. The van der Waals surface area contributed by atoms with E-state index in [0.29, 0.717) is 28.9 Å². The van der Waals surface area contributed by atoms with E-state index < -0.39 is 6.03 Å². The number of imidazole rings is 1. The van der Waals surface area contributed by atoms with Crippen LogP contribution < -0.4 is 9.64 Å². The van der Waals surface area contributed by atoms with Crippen molar-refractivity contribution in [2.24, 2.45) is 0 Å². The third-order valence-corrected chi connectivity index (χ3v) is 5.14. The van der Waals surface area contributed by atoms with Gasteiger partial charge in [-0.05, 0) is 31.4 Å². The number of amides is 3. The number of anilines is 1. The number of fused-ring (bicyclic) bond motifs is 1. The number of aromatic nitrogens is 6. The number of rotatable bonds is 5. The molecule has 4 heterocycles. The van der Waals surface area contributed by atoms with Crippen molar-refractivity contribution in [1.29, 1.82) is 0 Å². The van der Waals surface area contributed by atoms with E-state index in [-0.39, 0.29) is 30.4 Å². The monoisotopic (exact) mass is 428 g/mol. The van der Waals surface area contributed by atoms with Gasteiger partial charge < -0.3 is 9.14 Å². The van der Waals surface area contributed by atoms with Gasteiger partial charge >= 0.3 is 12.0 Å². The van der Waals surface area contributed by atoms with Crippen molar-refractivity contribution >= 4 is 35.0 Å². The highest BCUT2D eigenvalue weighted by Crippen LogP contribution is 2.40. The molecule has 3 amide bonds. The zero-order valence-corrected chi connectivity index (χ0v) is 17.0. The Morgan fingerprint density at radius 2 is 1.93 bits per heavy atom. The van der Waals surface area contributed by atoms with Crippen LogP contribution in [-0.4, -0.2) is 59.8 Å². The van der Waals surface area contributed by atoms with Gasteiger partial charge in [-0.1, -0.05) is 0 Å². The number of likely N-dealkylation sites (N-methyl/N-ethyl adjacent to an activating group) is 1. The first-order chi connectivity index (χ1) is 14.4. The Bertz CT molecular complexity index is 1170. The average molecular weight is 429 g/mol. The molecule has 3 aromatic heterocycles. The molecule has 11 nitrogen and oxygen atoms in total. The summed E-state index contributed by atoms with van der Waals surface area (Å²) in [6.07, 6.45) is 5.81. The summed E-state index contributed by atoms with van der Waals surface area (Å²) in [6.45, 7) is 1.72. The maximum atomic E-state index is 12.5. The second-order valence-corrected chi connectivity index (χ2v) is 7.61. The lowest BCUT2D eigenvalue weighted by atomic mass is 10.3. The fourth-order valence-electron chi connectivity index (χ4n) is 3.27. The van der Waals surface area contributed by atoms with Crippen LogP contribution in [0.5, 0.6) is 6.01 Å². The molecule has 0 unspecified atom stereocenters. The van der Waals surface area contributed by atoms with Crippen LogP contribution in [-0.2, 0) is 11.4 Å². The number of nitrogens with zero attached hydrogens (tertiary/aromatic N) is 8. The first-order valence-electron chi connectivity index (χ1n) is 9.36. The molecule has 0 radical (unpaired) electrons. The molecule has 0 aromatic carbocycles. The number of ether oxygens (including phenoxy) is 1. The summed E-state index contributed by atoms with van der Waals surface area (Å²) >= 11 is 5.84. The third-order valence-electron chi connectivity index (χ3n) is 4.97. The third kappa shape index (κ3) is 3.30. The molecule has 2 fully saturated rings. The van der Waals surface area contributed by atoms with Crippen molar-refractivity contribution in [3.05, 3.63) is 34.9 Å². The van der Waals surface area contributed by atoms with Crippen molar-refractivity contribution in [3.8, 4) is 6.01 Å². The molecule has 1 saturated heterocycles. The molecular weight excluding hydrogens is 412 g/mol. The van der Waals surface area contributed by atoms with Crippen LogP contribution in [0.2, 0.25) is 5.28 Å². The molecule has 1 saturated carbocycles. The topological polar surface area (TPSA) is 119 Å². The quantitative estimate of drug-likeness (QED) is 0.563. The van der Waals surface area contributed by atoms with Gasteiger partial charge in [0.1, 0.15) is 19.0 Å². The van der Waals surface area contributed by atoms with Crippen molar-refractivity contribution in [2.45, 2.75) is 32.3 Å². The summed E-state index contributed by atoms with van der Waals surface area (Å²) in [5.74, 6) is 0.889. The zero-order chi connectivity index (χ0) is 21.0. The zero-order valence-electron chi connectivity index (χ0n) is 16.2. The van der Waals surface area contributed by atoms with E-state index in [9.17, 15) is 9.59 Å². The fraction of sp³-hybridized carbons (Fsp3) is 0.389. The summed E-state index contributed by atoms with van der Waals surface area (Å²) in [6, 6.07) is -0.318. The second-order valence-electron chi connectivity index (χ2n) is 7.27. The predicted molar refractivity (Wildman–Crippen MR) is 104 cm³/mol. The molecule has 0 bridgehead atoms. The van der Waals surface area contributed by atoms with Gasteiger partial charge in [-0.15, -0.1) is 0 Å². The minimum Gasteiger partial charge on any atom is -0.457 e. The average Bonchev–Trinajstić information content (AvgIpc) is 3.42. The lowest BCUT2D eigenvalue weighted by Gasteiger charge is -2.15. The summed E-state index contributed by atoms with van der Waals surface area (Å²) in [4.78, 5) is 48.1. The molecule has 12 heteroatoms. The molecule has 1 aliphatic carbocycles. The van der Waals surface area contributed by atoms with Gasteiger partial charge in [0.2, 0.25) is 5.28 Å². The number of carbonyl (C=O) groups excluding carboxylic acids is 2. The smallest absolute Gasteiger partial charge is 0.332 e. The van der Waals surface area contributed by atoms with Crippen LogP contribution in [0, 0.1) is 6.92 Å². The predicted octanol–water partition coefficient (Wildman–Crippen LogP) is 1.73. The number of halogens is 1. The molecule has 0 atom stereocenters. The fourth-order valence-corrected chi connectivity index (χ4v) is 3.46. The van der Waals surface area contributed by atoms with E-state index in [1.807, 2.05) is 10.6 Å². The molecule has 154 valence electrons. The molecule has 0 spiro atoms. The second kappa shape index (κ2) is 6.87. The summed E-state index contributed by atoms with van der Waals surface area (Å²) in [5, 5.41) is 0.0504. The van der Waals surface area contributed by atoms with Crippen LogP contribution in [0.3, 0.4) is 0 Å². The van der Waals surface area contributed by atoms with Crippen LogP contribution >= 0.6 is 11.6 Å². The molecule has 5 rings (SSSR count). The number of aryl methyl sites for hydroxylation is 1. The minimum atomic E-state index is -0.418. The SMILES string of the molecule is Cc1nc(Cl)nc(OCc2cn3cc(C4CC4)nc(N4CC(=O)N(C)C4=O)c3n2)n1. The van der Waals surface area contributed by atoms with Gasteiger partial charge in [-0.25, -0.2) is 19.7 Å². The summed E-state index contributed by atoms with van der Waals surface area (Å²) in [5.41, 5.74) is 1.93. The maximum Gasteiger partial charge on any atom is 0.332 e. The van der Waals surface area contributed by atoms with Gasteiger partial charge in [0, 0.05) is 25.4 Å².